The molecule has 1 aliphatic heterocycles. The summed E-state index contributed by atoms with van der Waals surface area (Å²) in [6, 6.07) is 12.0. The fourth-order valence-electron chi connectivity index (χ4n) is 3.16. The van der Waals surface area contributed by atoms with Crippen molar-refractivity contribution in [2.45, 2.75) is 25.9 Å². The number of sulfone groups is 1. The Labute approximate surface area is 175 Å². The second-order valence-electron chi connectivity index (χ2n) is 6.90. The zero-order valence-corrected chi connectivity index (χ0v) is 17.7. The third-order valence-corrected chi connectivity index (χ3v) is 7.15. The Balaban J connectivity index is 1.73. The molecule has 2 aromatic carbocycles. The number of rotatable bonds is 6. The van der Waals surface area contributed by atoms with Gasteiger partial charge in [0.05, 0.1) is 11.5 Å². The van der Waals surface area contributed by atoms with Crippen molar-refractivity contribution in [3.8, 4) is 5.75 Å². The third-order valence-electron chi connectivity index (χ3n) is 4.73. The zero-order valence-electron chi connectivity index (χ0n) is 15.4. The van der Waals surface area contributed by atoms with E-state index < -0.39 is 9.84 Å². The monoisotopic (exact) mass is 441 g/mol. The molecular formula is C20H21Cl2NO4S. The highest BCUT2D eigenvalue weighted by Crippen LogP contribution is 2.23. The van der Waals surface area contributed by atoms with E-state index in [9.17, 15) is 13.2 Å². The lowest BCUT2D eigenvalue weighted by molar-refractivity contribution is -0.136. The zero-order chi connectivity index (χ0) is 20.3. The Morgan fingerprint density at radius 3 is 2.50 bits per heavy atom. The number of carbonyl (C=O) groups is 1. The van der Waals surface area contributed by atoms with E-state index >= 15 is 0 Å². The molecule has 0 N–H and O–H groups in total. The van der Waals surface area contributed by atoms with Gasteiger partial charge in [0.2, 0.25) is 0 Å². The molecule has 1 saturated heterocycles. The van der Waals surface area contributed by atoms with Crippen LogP contribution in [0.25, 0.3) is 0 Å². The average Bonchev–Trinajstić information content (AvgIpc) is 3.01. The van der Waals surface area contributed by atoms with Crippen LogP contribution in [0.5, 0.6) is 5.75 Å². The lowest BCUT2D eigenvalue weighted by Gasteiger charge is -2.28. The van der Waals surface area contributed by atoms with Gasteiger partial charge in [0.1, 0.15) is 5.75 Å². The second-order valence-corrected chi connectivity index (χ2v) is 9.98. The molecule has 3 rings (SSSR count). The summed E-state index contributed by atoms with van der Waals surface area (Å²) in [7, 11) is -3.12. The van der Waals surface area contributed by atoms with Gasteiger partial charge in [-0.1, -0.05) is 35.3 Å². The van der Waals surface area contributed by atoms with Crippen molar-refractivity contribution in [1.82, 2.24) is 4.90 Å². The van der Waals surface area contributed by atoms with Crippen molar-refractivity contribution in [2.75, 3.05) is 18.1 Å². The van der Waals surface area contributed by atoms with Gasteiger partial charge in [-0.05, 0) is 54.8 Å². The molecule has 1 atom stereocenters. The molecule has 0 saturated carbocycles. The minimum Gasteiger partial charge on any atom is -0.484 e. The van der Waals surface area contributed by atoms with Crippen molar-refractivity contribution in [2.24, 2.45) is 0 Å². The SMILES string of the molecule is Cc1cc(OCC(=O)N(Cc2ccc(Cl)cc2)[C@@H]2CCS(=O)(=O)C2)ccc1Cl. The molecule has 1 fully saturated rings. The van der Waals surface area contributed by atoms with E-state index in [4.69, 9.17) is 27.9 Å². The molecule has 5 nitrogen and oxygen atoms in total. The highest BCUT2D eigenvalue weighted by molar-refractivity contribution is 7.91. The first kappa shape index (κ1) is 21.0. The van der Waals surface area contributed by atoms with Crippen molar-refractivity contribution in [3.05, 3.63) is 63.6 Å². The molecule has 0 unspecified atom stereocenters. The maximum absolute atomic E-state index is 12.9. The van der Waals surface area contributed by atoms with Gasteiger partial charge in [-0.2, -0.15) is 0 Å². The molecule has 0 radical (unpaired) electrons. The Bertz CT molecular complexity index is 961. The molecule has 28 heavy (non-hydrogen) atoms. The van der Waals surface area contributed by atoms with Crippen molar-refractivity contribution < 1.29 is 17.9 Å². The van der Waals surface area contributed by atoms with Crippen LogP contribution in [0.2, 0.25) is 10.0 Å². The Kier molecular flexibility index (Phi) is 6.53. The van der Waals surface area contributed by atoms with Crippen molar-refractivity contribution >= 4 is 38.9 Å². The number of ether oxygens (including phenoxy) is 1. The van der Waals surface area contributed by atoms with E-state index in [1.807, 2.05) is 19.1 Å². The quantitative estimate of drug-likeness (QED) is 0.681. The summed E-state index contributed by atoms with van der Waals surface area (Å²) in [6.45, 7) is 1.98. The van der Waals surface area contributed by atoms with Crippen molar-refractivity contribution in [1.29, 1.82) is 0 Å². The predicted molar refractivity (Wildman–Crippen MR) is 111 cm³/mol. The Morgan fingerprint density at radius 2 is 1.89 bits per heavy atom. The van der Waals surface area contributed by atoms with E-state index in [0.717, 1.165) is 11.1 Å². The lowest BCUT2D eigenvalue weighted by atomic mass is 10.1. The summed E-state index contributed by atoms with van der Waals surface area (Å²) in [5, 5.41) is 1.23. The topological polar surface area (TPSA) is 63.7 Å². The van der Waals surface area contributed by atoms with Gasteiger partial charge in [0.25, 0.3) is 5.91 Å². The third kappa shape index (κ3) is 5.40. The number of carbonyl (C=O) groups excluding carboxylic acids is 1. The lowest BCUT2D eigenvalue weighted by Crippen LogP contribution is -2.43. The van der Waals surface area contributed by atoms with Crippen LogP contribution in [0.1, 0.15) is 17.5 Å². The fraction of sp³-hybridized carbons (Fsp3) is 0.350. The van der Waals surface area contributed by atoms with E-state index in [1.165, 1.54) is 0 Å². The minimum absolute atomic E-state index is 0.0214. The molecular weight excluding hydrogens is 421 g/mol. The molecule has 1 aliphatic rings. The molecule has 150 valence electrons. The number of amides is 1. The van der Waals surface area contributed by atoms with Gasteiger partial charge in [-0.3, -0.25) is 4.79 Å². The largest absolute Gasteiger partial charge is 0.484 e. The summed E-state index contributed by atoms with van der Waals surface area (Å²) in [4.78, 5) is 14.5. The van der Waals surface area contributed by atoms with E-state index in [1.54, 1.807) is 35.2 Å². The van der Waals surface area contributed by atoms with Crippen LogP contribution in [0.4, 0.5) is 0 Å². The fourth-order valence-corrected chi connectivity index (χ4v) is 5.14. The van der Waals surface area contributed by atoms with Crippen molar-refractivity contribution in [3.63, 3.8) is 0 Å². The van der Waals surface area contributed by atoms with Gasteiger partial charge >= 0.3 is 0 Å². The molecule has 0 aromatic heterocycles. The molecule has 1 amide bonds. The van der Waals surface area contributed by atoms with E-state index in [2.05, 4.69) is 0 Å². The summed E-state index contributed by atoms with van der Waals surface area (Å²) in [5.41, 5.74) is 1.73. The normalized spacial score (nSPS) is 18.0. The average molecular weight is 442 g/mol. The van der Waals surface area contributed by atoms with E-state index in [-0.39, 0.29) is 30.1 Å². The summed E-state index contributed by atoms with van der Waals surface area (Å²) in [5.74, 6) is 0.358. The van der Waals surface area contributed by atoms with Crippen LogP contribution in [0.15, 0.2) is 42.5 Å². The smallest absolute Gasteiger partial charge is 0.261 e. The summed E-state index contributed by atoms with van der Waals surface area (Å²) in [6.07, 6.45) is 0.432. The van der Waals surface area contributed by atoms with Gasteiger partial charge in [-0.15, -0.1) is 0 Å². The van der Waals surface area contributed by atoms with Gasteiger partial charge in [-0.25, -0.2) is 8.42 Å². The van der Waals surface area contributed by atoms with Crippen LogP contribution in [0, 0.1) is 6.92 Å². The maximum Gasteiger partial charge on any atom is 0.261 e. The second kappa shape index (κ2) is 8.72. The first-order chi connectivity index (χ1) is 13.2. The maximum atomic E-state index is 12.9. The number of aryl methyl sites for hydroxylation is 1. The number of hydrogen-bond donors (Lipinski definition) is 0. The highest BCUT2D eigenvalue weighted by atomic mass is 35.5. The molecule has 8 heteroatoms. The molecule has 2 aromatic rings. The summed E-state index contributed by atoms with van der Waals surface area (Å²) < 4.78 is 29.5. The molecule has 0 aliphatic carbocycles. The van der Waals surface area contributed by atoms with Crippen LogP contribution >= 0.6 is 23.2 Å². The van der Waals surface area contributed by atoms with Gasteiger partial charge < -0.3 is 9.64 Å². The first-order valence-corrected chi connectivity index (χ1v) is 11.4. The predicted octanol–water partition coefficient (Wildman–Crippen LogP) is 3.90. The standard InChI is InChI=1S/C20H21Cl2NO4S/c1-14-10-18(6-7-19(14)22)27-12-20(24)23(17-8-9-28(25,26)13-17)11-15-2-4-16(21)5-3-15/h2-7,10,17H,8-9,11-13H2,1H3/t17-/m1/s1. The van der Waals surface area contributed by atoms with Gasteiger partial charge in [0.15, 0.2) is 16.4 Å². The first-order valence-electron chi connectivity index (χ1n) is 8.87. The Morgan fingerprint density at radius 1 is 1.18 bits per heavy atom. The van der Waals surface area contributed by atoms with Gasteiger partial charge in [0, 0.05) is 22.6 Å². The number of nitrogens with zero attached hydrogens (tertiary/aromatic N) is 1. The van der Waals surface area contributed by atoms with Crippen LogP contribution in [0.3, 0.4) is 0 Å². The number of benzene rings is 2. The molecule has 1 heterocycles. The number of halogens is 2. The molecule has 0 spiro atoms. The highest BCUT2D eigenvalue weighted by Gasteiger charge is 2.34. The van der Waals surface area contributed by atoms with Crippen LogP contribution < -0.4 is 4.74 Å². The minimum atomic E-state index is -3.12. The van der Waals surface area contributed by atoms with Crippen LogP contribution in [-0.4, -0.2) is 43.4 Å². The van der Waals surface area contributed by atoms with Crippen LogP contribution in [-0.2, 0) is 21.2 Å². The summed E-state index contributed by atoms with van der Waals surface area (Å²) >= 11 is 11.9. The number of hydrogen-bond acceptors (Lipinski definition) is 4. The molecule has 0 bridgehead atoms. The van der Waals surface area contributed by atoms with E-state index in [0.29, 0.717) is 28.8 Å². The Hall–Kier alpha value is -1.76.